The molecule has 138 valence electrons. The van der Waals surface area contributed by atoms with Gasteiger partial charge in [0, 0.05) is 32.5 Å². The van der Waals surface area contributed by atoms with Gasteiger partial charge in [-0.1, -0.05) is 36.4 Å². The largest absolute Gasteiger partial charge is 0.454 e. The van der Waals surface area contributed by atoms with Gasteiger partial charge in [0.2, 0.25) is 12.7 Å². The molecular weight excluding hydrogens is 328 g/mol. The Hall–Kier alpha value is -2.53. The average molecular weight is 354 g/mol. The molecule has 26 heavy (non-hydrogen) atoms. The van der Waals surface area contributed by atoms with Crippen molar-refractivity contribution >= 4 is 5.91 Å². The van der Waals surface area contributed by atoms with Gasteiger partial charge in [0.15, 0.2) is 11.5 Å². The number of benzene rings is 2. The molecule has 1 amide bonds. The topological polar surface area (TPSA) is 42.0 Å². The van der Waals surface area contributed by atoms with Crippen molar-refractivity contribution in [2.24, 2.45) is 0 Å². The highest BCUT2D eigenvalue weighted by atomic mass is 16.7. The number of amides is 1. The minimum Gasteiger partial charge on any atom is -0.454 e. The third kappa shape index (κ3) is 4.35. The maximum Gasteiger partial charge on any atom is 0.231 e. The van der Waals surface area contributed by atoms with Crippen molar-refractivity contribution < 1.29 is 14.3 Å². The highest BCUT2D eigenvalue weighted by Crippen LogP contribution is 2.37. The van der Waals surface area contributed by atoms with E-state index in [0.717, 1.165) is 29.2 Å². The van der Waals surface area contributed by atoms with Crippen molar-refractivity contribution in [3.63, 3.8) is 0 Å². The van der Waals surface area contributed by atoms with Crippen LogP contribution in [0.1, 0.15) is 23.5 Å². The van der Waals surface area contributed by atoms with Crippen molar-refractivity contribution in [1.29, 1.82) is 0 Å². The van der Waals surface area contributed by atoms with E-state index < -0.39 is 0 Å². The summed E-state index contributed by atoms with van der Waals surface area (Å²) >= 11 is 0. The zero-order valence-electron chi connectivity index (χ0n) is 15.6. The minimum absolute atomic E-state index is 0.0139. The molecule has 1 aliphatic heterocycles. The zero-order valence-corrected chi connectivity index (χ0v) is 15.6. The summed E-state index contributed by atoms with van der Waals surface area (Å²) in [5.41, 5.74) is 2.19. The molecule has 0 radical (unpaired) electrons. The van der Waals surface area contributed by atoms with E-state index in [4.69, 9.17) is 9.47 Å². The number of hydrogen-bond donors (Lipinski definition) is 0. The first kappa shape index (κ1) is 18.3. The van der Waals surface area contributed by atoms with Crippen LogP contribution in [0.15, 0.2) is 48.5 Å². The van der Waals surface area contributed by atoms with Crippen LogP contribution in [-0.2, 0) is 4.79 Å². The summed E-state index contributed by atoms with van der Waals surface area (Å²) < 4.78 is 10.9. The standard InChI is InChI=1S/C21H26N2O3/c1-22(2)11-12-23(3)21(24)14-18(16-7-5-4-6-8-16)17-9-10-19-20(13-17)26-15-25-19/h4-10,13,18H,11-12,14-15H2,1-3H3/t18-/m1/s1. The summed E-state index contributed by atoms with van der Waals surface area (Å²) in [6.07, 6.45) is 0.424. The van der Waals surface area contributed by atoms with Crippen molar-refractivity contribution in [3.05, 3.63) is 59.7 Å². The van der Waals surface area contributed by atoms with Crippen LogP contribution in [-0.4, -0.2) is 56.7 Å². The molecule has 5 heteroatoms. The molecule has 0 N–H and O–H groups in total. The second kappa shape index (κ2) is 8.23. The predicted molar refractivity (Wildman–Crippen MR) is 102 cm³/mol. The SMILES string of the molecule is CN(C)CCN(C)C(=O)C[C@H](c1ccccc1)c1ccc2c(c1)OCO2. The molecule has 3 rings (SSSR count). The number of ether oxygens (including phenoxy) is 2. The number of fused-ring (bicyclic) bond motifs is 1. The maximum atomic E-state index is 12.8. The lowest BCUT2D eigenvalue weighted by Crippen LogP contribution is -2.34. The first-order valence-electron chi connectivity index (χ1n) is 8.88. The van der Waals surface area contributed by atoms with Gasteiger partial charge in [-0.05, 0) is 37.4 Å². The summed E-state index contributed by atoms with van der Waals surface area (Å²) in [5, 5.41) is 0. The lowest BCUT2D eigenvalue weighted by atomic mass is 9.88. The molecule has 5 nitrogen and oxygen atoms in total. The van der Waals surface area contributed by atoms with Crippen molar-refractivity contribution in [1.82, 2.24) is 9.80 Å². The lowest BCUT2D eigenvalue weighted by molar-refractivity contribution is -0.130. The van der Waals surface area contributed by atoms with Crippen LogP contribution in [0.2, 0.25) is 0 Å². The average Bonchev–Trinajstić information content (AvgIpc) is 3.12. The maximum absolute atomic E-state index is 12.8. The normalized spacial score (nSPS) is 13.7. The van der Waals surface area contributed by atoms with E-state index in [1.807, 2.05) is 62.4 Å². The predicted octanol–water partition coefficient (Wildman–Crippen LogP) is 2.96. The zero-order chi connectivity index (χ0) is 18.5. The first-order valence-corrected chi connectivity index (χ1v) is 8.88. The summed E-state index contributed by atoms with van der Waals surface area (Å²) in [7, 11) is 5.89. The molecule has 0 fully saturated rings. The van der Waals surface area contributed by atoms with E-state index in [9.17, 15) is 4.79 Å². The fourth-order valence-electron chi connectivity index (χ4n) is 3.05. The monoisotopic (exact) mass is 354 g/mol. The molecule has 1 atom stereocenters. The number of carbonyl (C=O) groups excluding carboxylic acids is 1. The fourth-order valence-corrected chi connectivity index (χ4v) is 3.05. The van der Waals surface area contributed by atoms with Crippen LogP contribution < -0.4 is 9.47 Å². The fraction of sp³-hybridized carbons (Fsp3) is 0.381. The Morgan fingerprint density at radius 2 is 1.69 bits per heavy atom. The minimum atomic E-state index is -0.0139. The highest BCUT2D eigenvalue weighted by Gasteiger charge is 2.23. The summed E-state index contributed by atoms with van der Waals surface area (Å²) in [4.78, 5) is 16.7. The molecule has 0 unspecified atom stereocenters. The Morgan fingerprint density at radius 3 is 2.42 bits per heavy atom. The molecule has 0 saturated carbocycles. The molecule has 0 saturated heterocycles. The molecule has 1 heterocycles. The summed E-state index contributed by atoms with van der Waals surface area (Å²) in [6, 6.07) is 16.1. The van der Waals surface area contributed by atoms with Gasteiger partial charge >= 0.3 is 0 Å². The second-order valence-corrected chi connectivity index (χ2v) is 6.90. The summed E-state index contributed by atoms with van der Waals surface area (Å²) in [5.74, 6) is 1.63. The van der Waals surface area contributed by atoms with Crippen molar-refractivity contribution in [2.45, 2.75) is 12.3 Å². The highest BCUT2D eigenvalue weighted by molar-refractivity contribution is 5.77. The number of nitrogens with zero attached hydrogens (tertiary/aromatic N) is 2. The summed E-state index contributed by atoms with van der Waals surface area (Å²) in [6.45, 7) is 1.82. The van der Waals surface area contributed by atoms with E-state index in [-0.39, 0.29) is 18.6 Å². The third-order valence-electron chi connectivity index (χ3n) is 4.69. The number of likely N-dealkylation sites (N-methyl/N-ethyl adjacent to an activating group) is 2. The third-order valence-corrected chi connectivity index (χ3v) is 4.69. The quantitative estimate of drug-likeness (QED) is 0.767. The smallest absolute Gasteiger partial charge is 0.231 e. The first-order chi connectivity index (χ1) is 12.5. The van der Waals surface area contributed by atoms with E-state index in [1.54, 1.807) is 0 Å². The molecule has 1 aliphatic rings. The van der Waals surface area contributed by atoms with Gasteiger partial charge in [0.25, 0.3) is 0 Å². The van der Waals surface area contributed by atoms with E-state index >= 15 is 0 Å². The van der Waals surface area contributed by atoms with Crippen LogP contribution in [0, 0.1) is 0 Å². The Labute approximate surface area is 155 Å². The Bertz CT molecular complexity index is 746. The van der Waals surface area contributed by atoms with Crippen molar-refractivity contribution in [2.75, 3.05) is 41.0 Å². The van der Waals surface area contributed by atoms with Crippen LogP contribution in [0.4, 0.5) is 0 Å². The lowest BCUT2D eigenvalue weighted by Gasteiger charge is -2.24. The molecule has 2 aromatic rings. The molecule has 0 aromatic heterocycles. The molecular formula is C21H26N2O3. The van der Waals surface area contributed by atoms with Gasteiger partial charge in [0.05, 0.1) is 0 Å². The van der Waals surface area contributed by atoms with Gasteiger partial charge in [-0.2, -0.15) is 0 Å². The van der Waals surface area contributed by atoms with E-state index in [1.165, 1.54) is 0 Å². The number of carbonyl (C=O) groups is 1. The molecule has 0 aliphatic carbocycles. The Kier molecular flexibility index (Phi) is 5.78. The molecule has 2 aromatic carbocycles. The van der Waals surface area contributed by atoms with Gasteiger partial charge in [-0.15, -0.1) is 0 Å². The Balaban J connectivity index is 1.82. The van der Waals surface area contributed by atoms with Gasteiger partial charge < -0.3 is 19.3 Å². The Morgan fingerprint density at radius 1 is 0.962 bits per heavy atom. The number of hydrogen-bond acceptors (Lipinski definition) is 4. The molecule has 0 spiro atoms. The van der Waals surface area contributed by atoms with Crippen LogP contribution in [0.3, 0.4) is 0 Å². The second-order valence-electron chi connectivity index (χ2n) is 6.90. The van der Waals surface area contributed by atoms with Crippen LogP contribution >= 0.6 is 0 Å². The van der Waals surface area contributed by atoms with Crippen LogP contribution in [0.5, 0.6) is 11.5 Å². The number of rotatable bonds is 7. The van der Waals surface area contributed by atoms with Gasteiger partial charge in [-0.3, -0.25) is 4.79 Å². The van der Waals surface area contributed by atoms with Crippen molar-refractivity contribution in [3.8, 4) is 11.5 Å². The van der Waals surface area contributed by atoms with Crippen LogP contribution in [0.25, 0.3) is 0 Å². The van der Waals surface area contributed by atoms with Gasteiger partial charge in [-0.25, -0.2) is 0 Å². The van der Waals surface area contributed by atoms with E-state index in [0.29, 0.717) is 13.0 Å². The molecule has 0 bridgehead atoms. The van der Waals surface area contributed by atoms with E-state index in [2.05, 4.69) is 17.0 Å². The van der Waals surface area contributed by atoms with Gasteiger partial charge in [0.1, 0.15) is 0 Å².